The molecule has 0 rings (SSSR count). The number of aliphatic hydroxyl groups excluding tert-OH is 1. The average Bonchev–Trinajstić information content (AvgIpc) is 2.40. The third-order valence-electron chi connectivity index (χ3n) is 3.46. The molecular weight excluding hydrogens is 224 g/mol. The van der Waals surface area contributed by atoms with E-state index in [2.05, 4.69) is 12.2 Å². The molecule has 0 fully saturated rings. The number of hydrogen-bond donors (Lipinski definition) is 3. The molecule has 0 heterocycles. The summed E-state index contributed by atoms with van der Waals surface area (Å²) in [6.07, 6.45) is 12.7. The van der Waals surface area contributed by atoms with Crippen LogP contribution in [0, 0.1) is 0 Å². The largest absolute Gasteiger partial charge is 0.396 e. The number of hydrogen-bond acceptors (Lipinski definition) is 3. The van der Waals surface area contributed by atoms with Crippen LogP contribution in [0.1, 0.15) is 71.1 Å². The van der Waals surface area contributed by atoms with Crippen molar-refractivity contribution in [1.29, 1.82) is 0 Å². The predicted molar refractivity (Wildman–Crippen MR) is 79.8 cm³/mol. The molecule has 3 heteroatoms. The highest BCUT2D eigenvalue weighted by Crippen LogP contribution is 2.09. The summed E-state index contributed by atoms with van der Waals surface area (Å²) < 4.78 is 0. The van der Waals surface area contributed by atoms with E-state index in [4.69, 9.17) is 10.8 Å². The maximum absolute atomic E-state index is 8.70. The minimum absolute atomic E-state index is 0.298. The molecule has 0 radical (unpaired) electrons. The van der Waals surface area contributed by atoms with Crippen molar-refractivity contribution >= 4 is 0 Å². The van der Waals surface area contributed by atoms with Crippen molar-refractivity contribution in [2.75, 3.05) is 19.7 Å². The van der Waals surface area contributed by atoms with Crippen molar-refractivity contribution in [3.63, 3.8) is 0 Å². The van der Waals surface area contributed by atoms with Crippen molar-refractivity contribution in [2.45, 2.75) is 77.2 Å². The molecule has 3 nitrogen and oxygen atoms in total. The Morgan fingerprint density at radius 1 is 0.944 bits per heavy atom. The lowest BCUT2D eigenvalue weighted by atomic mass is 10.0. The Bertz CT molecular complexity index is 153. The van der Waals surface area contributed by atoms with Crippen LogP contribution in [0.2, 0.25) is 0 Å². The smallest absolute Gasteiger partial charge is 0.0431 e. The number of aliphatic hydroxyl groups is 1. The molecule has 0 bridgehead atoms. The van der Waals surface area contributed by atoms with Crippen LogP contribution in [0.15, 0.2) is 0 Å². The van der Waals surface area contributed by atoms with Gasteiger partial charge in [-0.05, 0) is 25.8 Å². The van der Waals surface area contributed by atoms with E-state index < -0.39 is 0 Å². The number of nitrogens with one attached hydrogen (secondary N) is 1. The van der Waals surface area contributed by atoms with E-state index in [0.29, 0.717) is 12.6 Å². The molecule has 0 aliphatic rings. The molecule has 0 aromatic carbocycles. The Morgan fingerprint density at radius 3 is 2.22 bits per heavy atom. The lowest BCUT2D eigenvalue weighted by Gasteiger charge is -2.16. The zero-order valence-corrected chi connectivity index (χ0v) is 12.3. The van der Waals surface area contributed by atoms with Gasteiger partial charge >= 0.3 is 0 Å². The topological polar surface area (TPSA) is 58.3 Å². The Balaban J connectivity index is 3.27. The fourth-order valence-corrected chi connectivity index (χ4v) is 2.19. The van der Waals surface area contributed by atoms with Gasteiger partial charge in [0.2, 0.25) is 0 Å². The van der Waals surface area contributed by atoms with Crippen LogP contribution in [0.4, 0.5) is 0 Å². The van der Waals surface area contributed by atoms with Crippen LogP contribution >= 0.6 is 0 Å². The van der Waals surface area contributed by atoms with Gasteiger partial charge in [-0.1, -0.05) is 51.9 Å². The van der Waals surface area contributed by atoms with Crippen LogP contribution in [-0.4, -0.2) is 30.8 Å². The van der Waals surface area contributed by atoms with Crippen molar-refractivity contribution in [3.8, 4) is 0 Å². The van der Waals surface area contributed by atoms with Gasteiger partial charge in [0, 0.05) is 19.2 Å². The fraction of sp³-hybridized carbons (Fsp3) is 1.00. The summed E-state index contributed by atoms with van der Waals surface area (Å²) in [6, 6.07) is 0.472. The summed E-state index contributed by atoms with van der Waals surface area (Å²) in [6.45, 7) is 4.27. The quantitative estimate of drug-likeness (QED) is 0.420. The lowest BCUT2D eigenvalue weighted by Crippen LogP contribution is -2.36. The van der Waals surface area contributed by atoms with Crippen molar-refractivity contribution in [3.05, 3.63) is 0 Å². The maximum atomic E-state index is 8.70. The first-order chi connectivity index (χ1) is 8.85. The van der Waals surface area contributed by atoms with Crippen LogP contribution in [0.3, 0.4) is 0 Å². The van der Waals surface area contributed by atoms with E-state index in [1.807, 2.05) is 0 Å². The highest BCUT2D eigenvalue weighted by atomic mass is 16.2. The van der Waals surface area contributed by atoms with Gasteiger partial charge in [-0.3, -0.25) is 0 Å². The number of unbranched alkanes of at least 4 members (excludes halogenated alkanes) is 7. The van der Waals surface area contributed by atoms with Gasteiger partial charge in [-0.25, -0.2) is 0 Å². The normalized spacial score (nSPS) is 12.8. The highest BCUT2D eigenvalue weighted by molar-refractivity contribution is 4.67. The Kier molecular flexibility index (Phi) is 14.8. The second-order valence-corrected chi connectivity index (χ2v) is 5.23. The molecule has 0 aromatic rings. The monoisotopic (exact) mass is 258 g/mol. The number of rotatable bonds is 14. The maximum Gasteiger partial charge on any atom is 0.0431 e. The summed E-state index contributed by atoms with van der Waals surface area (Å²) in [7, 11) is 0. The van der Waals surface area contributed by atoms with Gasteiger partial charge < -0.3 is 16.2 Å². The molecule has 4 N–H and O–H groups in total. The Labute approximate surface area is 114 Å². The Hall–Kier alpha value is -0.120. The molecule has 0 aromatic heterocycles. The van der Waals surface area contributed by atoms with Gasteiger partial charge in [-0.15, -0.1) is 0 Å². The standard InChI is InChI=1S/C15H34N2O/c1-2-3-4-5-6-7-8-11-15(14-16)17-12-9-10-13-18/h15,17-18H,2-14,16H2,1H3. The van der Waals surface area contributed by atoms with Crippen molar-refractivity contribution < 1.29 is 5.11 Å². The van der Waals surface area contributed by atoms with Gasteiger partial charge in [0.25, 0.3) is 0 Å². The van der Waals surface area contributed by atoms with Crippen molar-refractivity contribution in [1.82, 2.24) is 5.32 Å². The summed E-state index contributed by atoms with van der Waals surface area (Å²) >= 11 is 0. The first-order valence-corrected chi connectivity index (χ1v) is 7.89. The minimum atomic E-state index is 0.298. The molecule has 18 heavy (non-hydrogen) atoms. The van der Waals surface area contributed by atoms with E-state index in [1.165, 1.54) is 51.4 Å². The molecule has 0 saturated heterocycles. The number of nitrogens with two attached hydrogens (primary N) is 1. The Morgan fingerprint density at radius 2 is 1.61 bits per heavy atom. The van der Waals surface area contributed by atoms with E-state index in [1.54, 1.807) is 0 Å². The zero-order chi connectivity index (χ0) is 13.5. The van der Waals surface area contributed by atoms with Crippen LogP contribution in [0.25, 0.3) is 0 Å². The van der Waals surface area contributed by atoms with Gasteiger partial charge in [0.15, 0.2) is 0 Å². The first kappa shape index (κ1) is 17.9. The van der Waals surface area contributed by atoms with E-state index in [0.717, 1.165) is 25.9 Å². The highest BCUT2D eigenvalue weighted by Gasteiger charge is 2.04. The molecule has 1 atom stereocenters. The van der Waals surface area contributed by atoms with E-state index >= 15 is 0 Å². The van der Waals surface area contributed by atoms with Gasteiger partial charge in [0.05, 0.1) is 0 Å². The van der Waals surface area contributed by atoms with Crippen LogP contribution < -0.4 is 11.1 Å². The van der Waals surface area contributed by atoms with Crippen LogP contribution in [0.5, 0.6) is 0 Å². The molecule has 0 saturated carbocycles. The third kappa shape index (κ3) is 12.3. The molecule has 0 aliphatic carbocycles. The molecule has 0 spiro atoms. The molecule has 0 amide bonds. The molecule has 110 valence electrons. The van der Waals surface area contributed by atoms with Gasteiger partial charge in [0.1, 0.15) is 0 Å². The summed E-state index contributed by atoms with van der Waals surface area (Å²) in [5.74, 6) is 0. The predicted octanol–water partition coefficient (Wildman–Crippen LogP) is 2.82. The van der Waals surface area contributed by atoms with Crippen molar-refractivity contribution in [2.24, 2.45) is 5.73 Å². The second-order valence-electron chi connectivity index (χ2n) is 5.23. The summed E-state index contributed by atoms with van der Waals surface area (Å²) in [5, 5.41) is 12.2. The summed E-state index contributed by atoms with van der Waals surface area (Å²) in [5.41, 5.74) is 5.76. The van der Waals surface area contributed by atoms with E-state index in [9.17, 15) is 0 Å². The summed E-state index contributed by atoms with van der Waals surface area (Å²) in [4.78, 5) is 0. The first-order valence-electron chi connectivity index (χ1n) is 7.89. The molecule has 0 aliphatic heterocycles. The molecule has 1 unspecified atom stereocenters. The van der Waals surface area contributed by atoms with Gasteiger partial charge in [-0.2, -0.15) is 0 Å². The lowest BCUT2D eigenvalue weighted by molar-refractivity contribution is 0.282. The minimum Gasteiger partial charge on any atom is -0.396 e. The fourth-order valence-electron chi connectivity index (χ4n) is 2.19. The van der Waals surface area contributed by atoms with E-state index in [-0.39, 0.29) is 0 Å². The van der Waals surface area contributed by atoms with Crippen LogP contribution in [-0.2, 0) is 0 Å². The average molecular weight is 258 g/mol. The zero-order valence-electron chi connectivity index (χ0n) is 12.3. The second kappa shape index (κ2) is 14.9. The molecular formula is C15H34N2O. The SMILES string of the molecule is CCCCCCCCCC(CN)NCCCCO. The third-order valence-corrected chi connectivity index (χ3v) is 3.46.